The lowest BCUT2D eigenvalue weighted by Crippen LogP contribution is -2.55. The van der Waals surface area contributed by atoms with Gasteiger partial charge in [0, 0.05) is 31.1 Å². The van der Waals surface area contributed by atoms with Crippen LogP contribution in [0, 0.1) is 17.3 Å². The molecule has 1 aliphatic heterocycles. The summed E-state index contributed by atoms with van der Waals surface area (Å²) in [5.41, 5.74) is -2.93. The third kappa shape index (κ3) is 3.97. The van der Waals surface area contributed by atoms with Crippen LogP contribution in [0.15, 0.2) is 18.2 Å². The Hall–Kier alpha value is -2.36. The van der Waals surface area contributed by atoms with Gasteiger partial charge in [-0.1, -0.05) is 20.8 Å². The molecule has 0 unspecified atom stereocenters. The van der Waals surface area contributed by atoms with Gasteiger partial charge < -0.3 is 33.9 Å². The second kappa shape index (κ2) is 8.64. The number of hydrogen-bond acceptors (Lipinski definition) is 9. The molecule has 1 saturated heterocycles. The van der Waals surface area contributed by atoms with E-state index in [1.807, 2.05) is 20.8 Å². The van der Waals surface area contributed by atoms with Crippen LogP contribution in [0.25, 0.3) is 0 Å². The molecule has 3 aliphatic rings. The van der Waals surface area contributed by atoms with Gasteiger partial charge in [-0.15, -0.1) is 0 Å². The first kappa shape index (κ1) is 25.7. The Kier molecular flexibility index (Phi) is 6.35. The van der Waals surface area contributed by atoms with E-state index in [1.54, 1.807) is 19.1 Å². The van der Waals surface area contributed by atoms with E-state index in [0.29, 0.717) is 11.5 Å². The molecule has 35 heavy (non-hydrogen) atoms. The molecule has 1 heterocycles. The molecule has 0 aromatic heterocycles. The molecule has 2 aliphatic carbocycles. The summed E-state index contributed by atoms with van der Waals surface area (Å²) in [6.07, 6.45) is -2.72. The molecular formula is C26H36O9. The van der Waals surface area contributed by atoms with Crippen molar-refractivity contribution in [2.75, 3.05) is 14.2 Å². The van der Waals surface area contributed by atoms with Crippen molar-refractivity contribution in [3.8, 4) is 11.5 Å². The van der Waals surface area contributed by atoms with E-state index in [4.69, 9.17) is 23.7 Å². The Morgan fingerprint density at radius 3 is 2.31 bits per heavy atom. The fraction of sp³-hybridized carbons (Fsp3) is 0.692. The zero-order chi connectivity index (χ0) is 25.9. The van der Waals surface area contributed by atoms with Gasteiger partial charge in [0.05, 0.1) is 37.1 Å². The van der Waals surface area contributed by atoms with E-state index in [2.05, 4.69) is 0 Å². The van der Waals surface area contributed by atoms with Crippen molar-refractivity contribution >= 4 is 11.9 Å². The smallest absolute Gasteiger partial charge is 0.338 e. The van der Waals surface area contributed by atoms with Gasteiger partial charge in [0.15, 0.2) is 11.5 Å². The van der Waals surface area contributed by atoms with Crippen LogP contribution in [0.3, 0.4) is 0 Å². The molecule has 0 spiro atoms. The van der Waals surface area contributed by atoms with Gasteiger partial charge in [0.1, 0.15) is 18.3 Å². The largest absolute Gasteiger partial charge is 0.493 e. The molecule has 1 aromatic rings. The summed E-state index contributed by atoms with van der Waals surface area (Å²) in [5, 5.41) is 23.5. The number of aliphatic hydroxyl groups excluding tert-OH is 1. The number of carbonyl (C=O) groups excluding carboxylic acids is 2. The van der Waals surface area contributed by atoms with Crippen LogP contribution >= 0.6 is 0 Å². The maximum Gasteiger partial charge on any atom is 0.338 e. The average Bonchev–Trinajstić information content (AvgIpc) is 3.40. The van der Waals surface area contributed by atoms with Gasteiger partial charge in [-0.25, -0.2) is 4.79 Å². The first-order valence-corrected chi connectivity index (χ1v) is 12.0. The van der Waals surface area contributed by atoms with Crippen molar-refractivity contribution in [1.82, 2.24) is 0 Å². The van der Waals surface area contributed by atoms with E-state index >= 15 is 0 Å². The van der Waals surface area contributed by atoms with E-state index in [1.165, 1.54) is 27.2 Å². The number of carbonyl (C=O) groups is 2. The van der Waals surface area contributed by atoms with Crippen LogP contribution in [-0.2, 0) is 19.0 Å². The van der Waals surface area contributed by atoms with Gasteiger partial charge in [-0.2, -0.15) is 0 Å². The number of rotatable bonds is 6. The molecule has 194 valence electrons. The van der Waals surface area contributed by atoms with Crippen LogP contribution in [0.5, 0.6) is 11.5 Å². The van der Waals surface area contributed by atoms with Crippen molar-refractivity contribution in [2.45, 2.75) is 83.1 Å². The number of hydrogen-bond donors (Lipinski definition) is 2. The Morgan fingerprint density at radius 2 is 1.74 bits per heavy atom. The molecule has 2 saturated carbocycles. The highest BCUT2D eigenvalue weighted by Gasteiger charge is 2.75. The summed E-state index contributed by atoms with van der Waals surface area (Å²) in [7, 11) is 2.99. The topological polar surface area (TPSA) is 124 Å². The second-order valence-corrected chi connectivity index (χ2v) is 10.8. The Labute approximate surface area is 205 Å². The Bertz CT molecular complexity index is 1010. The third-order valence-electron chi connectivity index (χ3n) is 8.44. The van der Waals surface area contributed by atoms with Crippen LogP contribution < -0.4 is 9.47 Å². The number of fused-ring (bicyclic) bond motifs is 2. The fourth-order valence-corrected chi connectivity index (χ4v) is 6.38. The SMILES string of the molecule is COc1ccc(C(=O)O[C@@H]2C[C@]3(C)O[C@@H]3[C@H](O)[C@@]3(C)[C@@H](OC(C)=O)C[C@@](O)(C(C)C)[C@@H]23)cc1OC. The highest BCUT2D eigenvalue weighted by atomic mass is 16.6. The Morgan fingerprint density at radius 1 is 1.09 bits per heavy atom. The van der Waals surface area contributed by atoms with Crippen molar-refractivity contribution in [3.05, 3.63) is 23.8 Å². The standard InChI is InChI=1S/C26H36O9/c1-13(2)26(30)12-19(33-14(3)27)25(5)20(26)18(11-24(4)22(35-24)21(25)28)34-23(29)15-8-9-16(31-6)17(10-15)32-7/h8-10,13,18-22,28,30H,11-12H2,1-7H3/t18-,19+,20+,21+,22-,24+,25+,26-/m1/s1. The van der Waals surface area contributed by atoms with E-state index in [9.17, 15) is 19.8 Å². The predicted octanol–water partition coefficient (Wildman–Crippen LogP) is 2.50. The molecule has 8 atom stereocenters. The lowest BCUT2D eigenvalue weighted by Gasteiger charge is -2.45. The molecule has 0 radical (unpaired) electrons. The van der Waals surface area contributed by atoms with Crippen molar-refractivity contribution in [1.29, 1.82) is 0 Å². The molecule has 9 heteroatoms. The highest BCUT2D eigenvalue weighted by Crippen LogP contribution is 2.64. The zero-order valence-electron chi connectivity index (χ0n) is 21.4. The minimum absolute atomic E-state index is 0.121. The van der Waals surface area contributed by atoms with Crippen molar-refractivity contribution < 1.29 is 43.5 Å². The summed E-state index contributed by atoms with van der Waals surface area (Å²) >= 11 is 0. The van der Waals surface area contributed by atoms with Gasteiger partial charge in [-0.05, 0) is 31.0 Å². The lowest BCUT2D eigenvalue weighted by atomic mass is 9.66. The number of methoxy groups -OCH3 is 2. The molecule has 9 nitrogen and oxygen atoms in total. The average molecular weight is 493 g/mol. The molecule has 1 aromatic carbocycles. The van der Waals surface area contributed by atoms with Gasteiger partial charge >= 0.3 is 11.9 Å². The minimum atomic E-state index is -1.36. The predicted molar refractivity (Wildman–Crippen MR) is 124 cm³/mol. The van der Waals surface area contributed by atoms with E-state index < -0.39 is 58.9 Å². The molecule has 4 rings (SSSR count). The van der Waals surface area contributed by atoms with Crippen LogP contribution in [0.2, 0.25) is 0 Å². The summed E-state index contributed by atoms with van der Waals surface area (Å²) in [6.45, 7) is 8.71. The van der Waals surface area contributed by atoms with Crippen LogP contribution in [-0.4, -0.2) is 72.0 Å². The van der Waals surface area contributed by atoms with Crippen molar-refractivity contribution in [2.24, 2.45) is 17.3 Å². The fourth-order valence-electron chi connectivity index (χ4n) is 6.38. The molecule has 2 N–H and O–H groups in total. The summed E-state index contributed by atoms with van der Waals surface area (Å²) < 4.78 is 28.2. The summed E-state index contributed by atoms with van der Waals surface area (Å²) in [5.74, 6) is -1.20. The summed E-state index contributed by atoms with van der Waals surface area (Å²) in [6, 6.07) is 4.74. The molecule has 3 fully saturated rings. The first-order chi connectivity index (χ1) is 16.3. The Balaban J connectivity index is 1.76. The molecule has 0 amide bonds. The molecule has 0 bridgehead atoms. The monoisotopic (exact) mass is 492 g/mol. The number of aliphatic hydroxyl groups is 2. The maximum absolute atomic E-state index is 13.3. The highest BCUT2D eigenvalue weighted by molar-refractivity contribution is 5.90. The van der Waals surface area contributed by atoms with E-state index in [0.717, 1.165) is 0 Å². The van der Waals surface area contributed by atoms with Gasteiger partial charge in [0.25, 0.3) is 0 Å². The second-order valence-electron chi connectivity index (χ2n) is 10.8. The van der Waals surface area contributed by atoms with E-state index in [-0.39, 0.29) is 24.3 Å². The maximum atomic E-state index is 13.3. The normalized spacial score (nSPS) is 39.8. The number of benzene rings is 1. The van der Waals surface area contributed by atoms with Gasteiger partial charge in [0.2, 0.25) is 0 Å². The quantitative estimate of drug-likeness (QED) is 0.455. The number of ether oxygens (including phenoxy) is 5. The van der Waals surface area contributed by atoms with Crippen LogP contribution in [0.4, 0.5) is 0 Å². The van der Waals surface area contributed by atoms with Crippen molar-refractivity contribution in [3.63, 3.8) is 0 Å². The number of epoxide rings is 1. The zero-order valence-corrected chi connectivity index (χ0v) is 21.4. The third-order valence-corrected chi connectivity index (χ3v) is 8.44. The lowest BCUT2D eigenvalue weighted by molar-refractivity contribution is -0.168. The first-order valence-electron chi connectivity index (χ1n) is 12.0. The number of esters is 2. The van der Waals surface area contributed by atoms with Crippen LogP contribution in [0.1, 0.15) is 57.8 Å². The van der Waals surface area contributed by atoms with Gasteiger partial charge in [-0.3, -0.25) is 4.79 Å². The molecular weight excluding hydrogens is 456 g/mol. The minimum Gasteiger partial charge on any atom is -0.493 e. The summed E-state index contributed by atoms with van der Waals surface area (Å²) in [4.78, 5) is 25.3.